The Morgan fingerprint density at radius 2 is 1.76 bits per heavy atom. The number of benzene rings is 1. The number of rotatable bonds is 9. The summed E-state index contributed by atoms with van der Waals surface area (Å²) < 4.78 is 9.86. The Labute approximate surface area is 201 Å². The number of alkyl carbamates (subject to hydrolysis) is 1. The Morgan fingerprint density at radius 1 is 1.15 bits per heavy atom. The lowest BCUT2D eigenvalue weighted by Gasteiger charge is -2.32. The molecule has 0 aliphatic rings. The number of hydrogen-bond acceptors (Lipinski definition) is 7. The van der Waals surface area contributed by atoms with Gasteiger partial charge in [-0.3, -0.25) is 14.4 Å². The maximum Gasteiger partial charge on any atom is 0.408 e. The zero-order valence-electron chi connectivity index (χ0n) is 21.2. The summed E-state index contributed by atoms with van der Waals surface area (Å²) in [7, 11) is 2.64. The minimum absolute atomic E-state index is 0.0377. The molecule has 2 unspecified atom stereocenters. The molecule has 0 aliphatic heterocycles. The maximum atomic E-state index is 13.5. The van der Waals surface area contributed by atoms with Gasteiger partial charge in [-0.2, -0.15) is 0 Å². The number of methoxy groups -OCH3 is 1. The van der Waals surface area contributed by atoms with E-state index in [0.717, 1.165) is 0 Å². The van der Waals surface area contributed by atoms with Crippen LogP contribution < -0.4 is 10.6 Å². The number of amides is 3. The fourth-order valence-corrected chi connectivity index (χ4v) is 3.24. The molecule has 3 N–H and O–H groups in total. The summed E-state index contributed by atoms with van der Waals surface area (Å²) >= 11 is 0. The molecule has 1 aromatic carbocycles. The van der Waals surface area contributed by atoms with Crippen molar-refractivity contribution in [1.29, 1.82) is 0 Å². The molecule has 2 atom stereocenters. The third-order valence-corrected chi connectivity index (χ3v) is 4.85. The largest absolute Gasteiger partial charge is 0.508 e. The van der Waals surface area contributed by atoms with Crippen LogP contribution in [0.3, 0.4) is 0 Å². The highest BCUT2D eigenvalue weighted by atomic mass is 16.6. The smallest absolute Gasteiger partial charge is 0.408 e. The Hall–Kier alpha value is -3.30. The van der Waals surface area contributed by atoms with E-state index in [2.05, 4.69) is 15.4 Å². The number of esters is 1. The third kappa shape index (κ3) is 8.92. The summed E-state index contributed by atoms with van der Waals surface area (Å²) in [5.74, 6) is -1.68. The number of aryl methyl sites for hydroxylation is 1. The van der Waals surface area contributed by atoms with Crippen molar-refractivity contribution in [1.82, 2.24) is 15.5 Å². The van der Waals surface area contributed by atoms with Gasteiger partial charge in [-0.1, -0.05) is 19.9 Å². The minimum atomic E-state index is -1.13. The van der Waals surface area contributed by atoms with Gasteiger partial charge in [-0.15, -0.1) is 0 Å². The Morgan fingerprint density at radius 3 is 2.26 bits per heavy atom. The Balaban J connectivity index is 3.29. The zero-order chi connectivity index (χ0) is 26.2. The van der Waals surface area contributed by atoms with Gasteiger partial charge in [0.05, 0.1) is 7.11 Å². The van der Waals surface area contributed by atoms with Gasteiger partial charge in [0.2, 0.25) is 11.8 Å². The van der Waals surface area contributed by atoms with E-state index in [1.165, 1.54) is 31.2 Å². The topological polar surface area (TPSA) is 134 Å². The predicted octanol–water partition coefficient (Wildman–Crippen LogP) is 2.43. The summed E-state index contributed by atoms with van der Waals surface area (Å²) in [4.78, 5) is 51.7. The number of hydrogen-bond donors (Lipinski definition) is 3. The molecule has 1 rings (SSSR count). The average Bonchev–Trinajstić information content (AvgIpc) is 2.71. The zero-order valence-corrected chi connectivity index (χ0v) is 21.2. The van der Waals surface area contributed by atoms with Gasteiger partial charge in [-0.25, -0.2) is 4.79 Å². The normalized spacial score (nSPS) is 13.0. The van der Waals surface area contributed by atoms with E-state index < -0.39 is 41.6 Å². The molecule has 190 valence electrons. The highest BCUT2D eigenvalue weighted by molar-refractivity contribution is 5.93. The van der Waals surface area contributed by atoms with Gasteiger partial charge in [-0.05, 0) is 63.3 Å². The van der Waals surface area contributed by atoms with Crippen LogP contribution in [0, 0.1) is 12.8 Å². The first kappa shape index (κ1) is 28.7. The molecule has 0 bridgehead atoms. The molecule has 0 fully saturated rings. The molecule has 0 radical (unpaired) electrons. The van der Waals surface area contributed by atoms with Crippen molar-refractivity contribution >= 4 is 23.9 Å². The number of carbonyl (C=O) groups excluding carboxylic acids is 4. The number of ether oxygens (including phenoxy) is 2. The van der Waals surface area contributed by atoms with E-state index in [9.17, 15) is 24.3 Å². The summed E-state index contributed by atoms with van der Waals surface area (Å²) in [5, 5.41) is 15.0. The molecule has 0 spiro atoms. The van der Waals surface area contributed by atoms with E-state index in [1.807, 2.05) is 13.8 Å². The fraction of sp³-hybridized carbons (Fsp3) is 0.583. The van der Waals surface area contributed by atoms with Crippen LogP contribution in [0.2, 0.25) is 0 Å². The molecule has 0 saturated carbocycles. The van der Waals surface area contributed by atoms with E-state index in [1.54, 1.807) is 33.8 Å². The minimum Gasteiger partial charge on any atom is -0.508 e. The maximum absolute atomic E-state index is 13.5. The highest BCUT2D eigenvalue weighted by Gasteiger charge is 2.34. The SMILES string of the molecule is COC(=O)CNC(=O)C(c1ccc(O)c(C)c1)N(C)C(=O)C(CC(C)C)NC(=O)OC(C)(C)C. The number of phenolic OH excluding ortho intramolecular Hbond substituents is 1. The second kappa shape index (κ2) is 12.2. The van der Waals surface area contributed by atoms with Gasteiger partial charge in [0.1, 0.15) is 30.0 Å². The van der Waals surface area contributed by atoms with E-state index >= 15 is 0 Å². The number of likely N-dealkylation sites (N-methyl/N-ethyl adjacent to an activating group) is 1. The number of phenols is 1. The summed E-state index contributed by atoms with van der Waals surface area (Å²) in [5.41, 5.74) is 0.185. The fourth-order valence-electron chi connectivity index (χ4n) is 3.24. The first-order chi connectivity index (χ1) is 15.7. The lowest BCUT2D eigenvalue weighted by atomic mass is 9.98. The Kier molecular flexibility index (Phi) is 10.3. The number of nitrogens with zero attached hydrogens (tertiary/aromatic N) is 1. The van der Waals surface area contributed by atoms with Crippen LogP contribution in [0.5, 0.6) is 5.75 Å². The number of nitrogens with one attached hydrogen (secondary N) is 2. The number of aromatic hydroxyl groups is 1. The molecule has 0 aliphatic carbocycles. The predicted molar refractivity (Wildman–Crippen MR) is 126 cm³/mol. The van der Waals surface area contributed by atoms with Crippen molar-refractivity contribution in [2.45, 2.75) is 65.6 Å². The molecule has 0 saturated heterocycles. The molecule has 0 aromatic heterocycles. The van der Waals surface area contributed by atoms with Crippen LogP contribution in [0.1, 0.15) is 58.2 Å². The van der Waals surface area contributed by atoms with Gasteiger partial charge < -0.3 is 30.1 Å². The third-order valence-electron chi connectivity index (χ3n) is 4.85. The van der Waals surface area contributed by atoms with Crippen LogP contribution in [0.15, 0.2) is 18.2 Å². The van der Waals surface area contributed by atoms with E-state index in [4.69, 9.17) is 4.74 Å². The summed E-state index contributed by atoms with van der Waals surface area (Å²) in [6.07, 6.45) is -0.430. The molecule has 3 amide bonds. The van der Waals surface area contributed by atoms with Crippen LogP contribution in [0.25, 0.3) is 0 Å². The van der Waals surface area contributed by atoms with Crippen molar-refractivity contribution in [3.8, 4) is 5.75 Å². The van der Waals surface area contributed by atoms with Gasteiger partial charge in [0.15, 0.2) is 0 Å². The van der Waals surface area contributed by atoms with Crippen LogP contribution in [0.4, 0.5) is 4.79 Å². The van der Waals surface area contributed by atoms with Crippen LogP contribution >= 0.6 is 0 Å². The molecular formula is C24H37N3O7. The first-order valence-corrected chi connectivity index (χ1v) is 11.1. The van der Waals surface area contributed by atoms with Crippen molar-refractivity contribution in [2.24, 2.45) is 5.92 Å². The van der Waals surface area contributed by atoms with Gasteiger partial charge in [0.25, 0.3) is 0 Å². The van der Waals surface area contributed by atoms with Crippen molar-refractivity contribution in [3.05, 3.63) is 29.3 Å². The van der Waals surface area contributed by atoms with Gasteiger partial charge >= 0.3 is 12.1 Å². The van der Waals surface area contributed by atoms with Crippen molar-refractivity contribution in [2.75, 3.05) is 20.7 Å². The highest BCUT2D eigenvalue weighted by Crippen LogP contribution is 2.26. The van der Waals surface area contributed by atoms with Crippen LogP contribution in [-0.2, 0) is 23.9 Å². The standard InChI is InChI=1S/C24H37N3O7/c1-14(2)11-17(26-23(32)34-24(4,5)6)22(31)27(7)20(21(30)25-13-19(29)33-8)16-9-10-18(28)15(3)12-16/h9-10,12,14,17,20,28H,11,13H2,1-8H3,(H,25,30)(H,26,32). The molecule has 10 heteroatoms. The molecule has 0 heterocycles. The van der Waals surface area contributed by atoms with E-state index in [0.29, 0.717) is 17.5 Å². The second-order valence-corrected chi connectivity index (χ2v) is 9.52. The lowest BCUT2D eigenvalue weighted by molar-refractivity contribution is -0.144. The molecular weight excluding hydrogens is 442 g/mol. The summed E-state index contributed by atoms with van der Waals surface area (Å²) in [6.45, 7) is 10.2. The summed E-state index contributed by atoms with van der Waals surface area (Å²) in [6, 6.07) is 2.45. The molecule has 34 heavy (non-hydrogen) atoms. The number of carbonyl (C=O) groups is 4. The molecule has 10 nitrogen and oxygen atoms in total. The van der Waals surface area contributed by atoms with Gasteiger partial charge in [0, 0.05) is 7.05 Å². The van der Waals surface area contributed by atoms with Crippen molar-refractivity contribution in [3.63, 3.8) is 0 Å². The van der Waals surface area contributed by atoms with Crippen LogP contribution in [-0.4, -0.2) is 66.2 Å². The Bertz CT molecular complexity index is 893. The monoisotopic (exact) mass is 479 g/mol. The first-order valence-electron chi connectivity index (χ1n) is 11.1. The van der Waals surface area contributed by atoms with E-state index in [-0.39, 0.29) is 18.2 Å². The molecule has 1 aromatic rings. The lowest BCUT2D eigenvalue weighted by Crippen LogP contribution is -2.52. The quantitative estimate of drug-likeness (QED) is 0.463. The average molecular weight is 480 g/mol. The second-order valence-electron chi connectivity index (χ2n) is 9.52. The van der Waals surface area contributed by atoms with Crippen molar-refractivity contribution < 1.29 is 33.8 Å².